The van der Waals surface area contributed by atoms with Crippen LogP contribution in [0.2, 0.25) is 0 Å². The molecule has 0 bridgehead atoms. The summed E-state index contributed by atoms with van der Waals surface area (Å²) in [5.41, 5.74) is 2.41. The average molecular weight is 275 g/mol. The minimum absolute atomic E-state index is 0.520. The van der Waals surface area contributed by atoms with Crippen molar-refractivity contribution in [3.05, 3.63) is 35.1 Å². The van der Waals surface area contributed by atoms with E-state index in [4.69, 9.17) is 5.73 Å². The molecule has 0 aliphatic carbocycles. The summed E-state index contributed by atoms with van der Waals surface area (Å²) in [7, 11) is 0. The Balaban J connectivity index is 3.21. The third-order valence-electron chi connectivity index (χ3n) is 2.18. The highest BCUT2D eigenvalue weighted by Crippen LogP contribution is 2.38. The van der Waals surface area contributed by atoms with E-state index < -0.39 is 41.8 Å². The maximum Gasteiger partial charge on any atom is 0.419 e. The summed E-state index contributed by atoms with van der Waals surface area (Å²) in [6.07, 6.45) is -11.5. The first kappa shape index (κ1) is 14.7. The van der Waals surface area contributed by atoms with E-state index in [1.54, 1.807) is 0 Å². The van der Waals surface area contributed by atoms with E-state index in [-0.39, 0.29) is 0 Å². The minimum atomic E-state index is -5.09. The molecule has 0 unspecified atom stereocenters. The number of halogens is 7. The van der Waals surface area contributed by atoms with E-state index in [0.717, 1.165) is 12.1 Å². The molecule has 0 saturated carbocycles. The monoisotopic (exact) mass is 275 g/mol. The molecule has 8 heteroatoms. The Hall–Kier alpha value is -1.31. The van der Waals surface area contributed by atoms with E-state index >= 15 is 0 Å². The van der Waals surface area contributed by atoms with Crippen LogP contribution in [0.25, 0.3) is 0 Å². The molecule has 0 saturated heterocycles. The van der Waals surface area contributed by atoms with Gasteiger partial charge in [0.2, 0.25) is 0 Å². The summed E-state index contributed by atoms with van der Waals surface area (Å²) in [5.74, 6) is -1.64. The summed E-state index contributed by atoms with van der Waals surface area (Å²) in [6, 6.07) is 0.183. The second-order valence-electron chi connectivity index (χ2n) is 3.63. The Morgan fingerprint density at radius 3 is 2.06 bits per heavy atom. The molecular formula is C10H8F7N. The Labute approximate surface area is 97.4 Å². The van der Waals surface area contributed by atoms with Gasteiger partial charge in [0.05, 0.1) is 12.0 Å². The molecule has 0 heterocycles. The quantitative estimate of drug-likeness (QED) is 0.816. The fourth-order valence-corrected chi connectivity index (χ4v) is 1.51. The van der Waals surface area contributed by atoms with Crippen LogP contribution in [0, 0.1) is 5.82 Å². The second-order valence-corrected chi connectivity index (χ2v) is 3.63. The highest BCUT2D eigenvalue weighted by Gasteiger charge is 2.40. The molecule has 18 heavy (non-hydrogen) atoms. The summed E-state index contributed by atoms with van der Waals surface area (Å²) in [5, 5.41) is 0. The number of benzene rings is 1. The third-order valence-corrected chi connectivity index (χ3v) is 2.18. The van der Waals surface area contributed by atoms with E-state index in [1.165, 1.54) is 0 Å². The van der Waals surface area contributed by atoms with Crippen LogP contribution in [0.1, 0.15) is 23.6 Å². The fraction of sp³-hybridized carbons (Fsp3) is 0.400. The Morgan fingerprint density at radius 2 is 1.61 bits per heavy atom. The fourth-order valence-electron chi connectivity index (χ4n) is 1.51. The van der Waals surface area contributed by atoms with E-state index in [0.29, 0.717) is 6.07 Å². The van der Waals surface area contributed by atoms with Crippen LogP contribution < -0.4 is 5.73 Å². The lowest BCUT2D eigenvalue weighted by molar-refractivity contribution is -0.146. The molecule has 1 rings (SSSR count). The van der Waals surface area contributed by atoms with Gasteiger partial charge in [0.15, 0.2) is 0 Å². The average Bonchev–Trinajstić information content (AvgIpc) is 2.12. The standard InChI is InChI=1S/C10H8F7N/c11-6-3-1-2-5(8(6)10(15,16)17)7(18)4-9(12,13)14/h1-3,7H,4,18H2/t7-/m0/s1. The Kier molecular flexibility index (Phi) is 3.89. The molecule has 0 radical (unpaired) electrons. The molecule has 1 aromatic carbocycles. The van der Waals surface area contributed by atoms with Crippen LogP contribution in [0.15, 0.2) is 18.2 Å². The van der Waals surface area contributed by atoms with Gasteiger partial charge in [-0.25, -0.2) is 4.39 Å². The lowest BCUT2D eigenvalue weighted by atomic mass is 9.97. The third kappa shape index (κ3) is 3.59. The van der Waals surface area contributed by atoms with Crippen LogP contribution in [0.4, 0.5) is 30.7 Å². The van der Waals surface area contributed by atoms with Gasteiger partial charge in [-0.15, -0.1) is 0 Å². The second kappa shape index (κ2) is 4.75. The molecule has 0 aromatic heterocycles. The van der Waals surface area contributed by atoms with Gasteiger partial charge in [0, 0.05) is 6.04 Å². The highest BCUT2D eigenvalue weighted by molar-refractivity contribution is 5.33. The van der Waals surface area contributed by atoms with Crippen LogP contribution in [-0.2, 0) is 6.18 Å². The molecular weight excluding hydrogens is 267 g/mol. The molecule has 1 nitrogen and oxygen atoms in total. The zero-order valence-electron chi connectivity index (χ0n) is 8.74. The zero-order valence-corrected chi connectivity index (χ0v) is 8.74. The predicted molar refractivity (Wildman–Crippen MR) is 49.0 cm³/mol. The van der Waals surface area contributed by atoms with Gasteiger partial charge in [0.1, 0.15) is 5.82 Å². The molecule has 0 amide bonds. The van der Waals surface area contributed by atoms with Crippen molar-refractivity contribution in [2.45, 2.75) is 24.8 Å². The number of rotatable bonds is 2. The number of hydrogen-bond donors (Lipinski definition) is 1. The van der Waals surface area contributed by atoms with Gasteiger partial charge in [-0.2, -0.15) is 26.3 Å². The lowest BCUT2D eigenvalue weighted by Crippen LogP contribution is -2.24. The first-order chi connectivity index (χ1) is 8.02. The van der Waals surface area contributed by atoms with Crippen LogP contribution in [-0.4, -0.2) is 6.18 Å². The minimum Gasteiger partial charge on any atom is -0.324 e. The van der Waals surface area contributed by atoms with Crippen LogP contribution in [0.5, 0.6) is 0 Å². The molecule has 0 aliphatic rings. The van der Waals surface area contributed by atoms with Gasteiger partial charge in [-0.3, -0.25) is 0 Å². The van der Waals surface area contributed by atoms with Crippen molar-refractivity contribution in [2.75, 3.05) is 0 Å². The van der Waals surface area contributed by atoms with Crippen molar-refractivity contribution in [1.29, 1.82) is 0 Å². The van der Waals surface area contributed by atoms with E-state index in [9.17, 15) is 30.7 Å². The first-order valence-electron chi connectivity index (χ1n) is 4.70. The van der Waals surface area contributed by atoms with Crippen molar-refractivity contribution in [2.24, 2.45) is 5.73 Å². The maximum absolute atomic E-state index is 13.1. The normalized spacial score (nSPS) is 14.7. The lowest BCUT2D eigenvalue weighted by Gasteiger charge is -2.19. The van der Waals surface area contributed by atoms with Crippen LogP contribution in [0.3, 0.4) is 0 Å². The number of alkyl halides is 6. The van der Waals surface area contributed by atoms with Crippen molar-refractivity contribution in [1.82, 2.24) is 0 Å². The van der Waals surface area contributed by atoms with Gasteiger partial charge in [0.25, 0.3) is 0 Å². The molecule has 1 aromatic rings. The molecule has 1 atom stereocenters. The molecule has 0 fully saturated rings. The summed E-state index contributed by atoms with van der Waals surface area (Å²) >= 11 is 0. The van der Waals surface area contributed by atoms with E-state index in [1.807, 2.05) is 0 Å². The van der Waals surface area contributed by atoms with Crippen molar-refractivity contribution in [3.63, 3.8) is 0 Å². The highest BCUT2D eigenvalue weighted by atomic mass is 19.4. The Morgan fingerprint density at radius 1 is 1.06 bits per heavy atom. The topological polar surface area (TPSA) is 26.0 Å². The van der Waals surface area contributed by atoms with Gasteiger partial charge in [-0.05, 0) is 11.6 Å². The van der Waals surface area contributed by atoms with Crippen molar-refractivity contribution < 1.29 is 30.7 Å². The molecule has 2 N–H and O–H groups in total. The Bertz CT molecular complexity index is 421. The number of nitrogens with two attached hydrogens (primary N) is 1. The smallest absolute Gasteiger partial charge is 0.324 e. The zero-order chi connectivity index (χ0) is 14.1. The summed E-state index contributed by atoms with van der Waals surface area (Å²) in [6.45, 7) is 0. The largest absolute Gasteiger partial charge is 0.419 e. The van der Waals surface area contributed by atoms with Gasteiger partial charge < -0.3 is 5.73 Å². The molecule has 0 aliphatic heterocycles. The molecule has 0 spiro atoms. The number of hydrogen-bond acceptors (Lipinski definition) is 1. The first-order valence-corrected chi connectivity index (χ1v) is 4.70. The molecule has 102 valence electrons. The van der Waals surface area contributed by atoms with Gasteiger partial charge >= 0.3 is 12.4 Å². The predicted octanol–water partition coefficient (Wildman–Crippen LogP) is 3.80. The van der Waals surface area contributed by atoms with Gasteiger partial charge in [-0.1, -0.05) is 12.1 Å². The van der Waals surface area contributed by atoms with Crippen molar-refractivity contribution >= 4 is 0 Å². The summed E-state index contributed by atoms with van der Waals surface area (Å²) in [4.78, 5) is 0. The SMILES string of the molecule is N[C@@H](CC(F)(F)F)c1cccc(F)c1C(F)(F)F. The van der Waals surface area contributed by atoms with Crippen LogP contribution >= 0.6 is 0 Å². The van der Waals surface area contributed by atoms with Crippen molar-refractivity contribution in [3.8, 4) is 0 Å². The summed E-state index contributed by atoms with van der Waals surface area (Å²) < 4.78 is 86.9. The maximum atomic E-state index is 13.1. The van der Waals surface area contributed by atoms with E-state index in [2.05, 4.69) is 0 Å².